The van der Waals surface area contributed by atoms with Gasteiger partial charge in [0, 0.05) is 11.8 Å². The maximum Gasteiger partial charge on any atom is 0.262 e. The van der Waals surface area contributed by atoms with Gasteiger partial charge in [-0.3, -0.25) is 9.36 Å². The van der Waals surface area contributed by atoms with E-state index in [9.17, 15) is 9.18 Å². The lowest BCUT2D eigenvalue weighted by Gasteiger charge is -2.18. The molecule has 1 heterocycles. The van der Waals surface area contributed by atoms with Gasteiger partial charge in [-0.1, -0.05) is 49.0 Å². The van der Waals surface area contributed by atoms with Gasteiger partial charge in [0.2, 0.25) is 0 Å². The summed E-state index contributed by atoms with van der Waals surface area (Å²) in [4.78, 5) is 17.5. The summed E-state index contributed by atoms with van der Waals surface area (Å²) in [5.41, 5.74) is 1.25. The highest BCUT2D eigenvalue weighted by molar-refractivity contribution is 7.98. The van der Waals surface area contributed by atoms with Crippen LogP contribution in [0.2, 0.25) is 0 Å². The van der Waals surface area contributed by atoms with Crippen LogP contribution >= 0.6 is 11.8 Å². The first-order chi connectivity index (χ1) is 11.6. The van der Waals surface area contributed by atoms with Crippen LogP contribution in [0, 0.1) is 5.82 Å². The molecule has 0 N–H and O–H groups in total. The minimum Gasteiger partial charge on any atom is -0.284 e. The average molecular weight is 342 g/mol. The van der Waals surface area contributed by atoms with Crippen molar-refractivity contribution < 1.29 is 4.39 Å². The smallest absolute Gasteiger partial charge is 0.262 e. The number of nitrogens with zero attached hydrogens (tertiary/aromatic N) is 2. The van der Waals surface area contributed by atoms with E-state index in [1.54, 1.807) is 22.8 Å². The highest BCUT2D eigenvalue weighted by Crippen LogP contribution is 2.26. The Labute approximate surface area is 144 Å². The average Bonchev–Trinajstić information content (AvgIpc) is 2.60. The van der Waals surface area contributed by atoms with Crippen molar-refractivity contribution in [2.45, 2.75) is 37.2 Å². The van der Waals surface area contributed by atoms with E-state index in [1.807, 2.05) is 38.1 Å². The van der Waals surface area contributed by atoms with E-state index in [0.29, 0.717) is 27.4 Å². The largest absolute Gasteiger partial charge is 0.284 e. The Bertz CT molecular complexity index is 923. The van der Waals surface area contributed by atoms with Crippen molar-refractivity contribution in [2.75, 3.05) is 0 Å². The van der Waals surface area contributed by atoms with Crippen molar-refractivity contribution >= 4 is 22.7 Å². The van der Waals surface area contributed by atoms with E-state index >= 15 is 0 Å². The minimum absolute atomic E-state index is 0.0361. The van der Waals surface area contributed by atoms with E-state index in [1.165, 1.54) is 17.8 Å². The predicted octanol–water partition coefficient (Wildman–Crippen LogP) is 4.80. The highest BCUT2D eigenvalue weighted by atomic mass is 32.2. The summed E-state index contributed by atoms with van der Waals surface area (Å²) in [5.74, 6) is 0.205. The number of para-hydroxylation sites is 1. The summed E-state index contributed by atoms with van der Waals surface area (Å²) in [7, 11) is 0. The molecule has 24 heavy (non-hydrogen) atoms. The van der Waals surface area contributed by atoms with Crippen LogP contribution in [-0.2, 0) is 5.75 Å². The molecule has 0 aliphatic heterocycles. The molecular formula is C19H19FN2OS. The molecule has 5 heteroatoms. The number of rotatable bonds is 5. The van der Waals surface area contributed by atoms with Crippen molar-refractivity contribution in [3.8, 4) is 0 Å². The Hall–Kier alpha value is -2.14. The van der Waals surface area contributed by atoms with Crippen LogP contribution in [0.25, 0.3) is 10.9 Å². The van der Waals surface area contributed by atoms with E-state index in [0.717, 1.165) is 6.42 Å². The molecule has 0 aliphatic carbocycles. The van der Waals surface area contributed by atoms with E-state index in [-0.39, 0.29) is 17.4 Å². The lowest BCUT2D eigenvalue weighted by Crippen LogP contribution is -2.26. The van der Waals surface area contributed by atoms with Crippen molar-refractivity contribution in [3.05, 3.63) is 70.3 Å². The third-order valence-corrected chi connectivity index (χ3v) is 5.12. The van der Waals surface area contributed by atoms with Crippen molar-refractivity contribution in [3.63, 3.8) is 0 Å². The Balaban J connectivity index is 2.05. The van der Waals surface area contributed by atoms with Crippen molar-refractivity contribution in [2.24, 2.45) is 0 Å². The van der Waals surface area contributed by atoms with Crippen LogP contribution in [0.5, 0.6) is 0 Å². The number of thioether (sulfide) groups is 1. The minimum atomic E-state index is -0.233. The van der Waals surface area contributed by atoms with Gasteiger partial charge < -0.3 is 0 Å². The number of hydrogen-bond acceptors (Lipinski definition) is 3. The second-order valence-electron chi connectivity index (χ2n) is 5.72. The Morgan fingerprint density at radius 1 is 1.17 bits per heavy atom. The molecule has 0 fully saturated rings. The van der Waals surface area contributed by atoms with Crippen molar-refractivity contribution in [1.82, 2.24) is 9.55 Å². The van der Waals surface area contributed by atoms with Gasteiger partial charge in [-0.2, -0.15) is 0 Å². The van der Waals surface area contributed by atoms with Gasteiger partial charge in [-0.05, 0) is 37.1 Å². The van der Waals surface area contributed by atoms with Crippen LogP contribution in [0.15, 0.2) is 58.5 Å². The summed E-state index contributed by atoms with van der Waals surface area (Å²) < 4.78 is 15.6. The van der Waals surface area contributed by atoms with Gasteiger partial charge >= 0.3 is 0 Å². The summed E-state index contributed by atoms with van der Waals surface area (Å²) >= 11 is 1.40. The molecule has 0 saturated heterocycles. The first-order valence-corrected chi connectivity index (χ1v) is 8.98. The van der Waals surface area contributed by atoms with Crippen molar-refractivity contribution in [1.29, 1.82) is 0 Å². The lowest BCUT2D eigenvalue weighted by atomic mass is 10.2. The Morgan fingerprint density at radius 2 is 1.88 bits per heavy atom. The molecule has 0 unspecified atom stereocenters. The number of halogens is 1. The van der Waals surface area contributed by atoms with Gasteiger partial charge in [-0.25, -0.2) is 9.37 Å². The Kier molecular flexibility index (Phi) is 5.00. The molecule has 0 saturated carbocycles. The van der Waals surface area contributed by atoms with Gasteiger partial charge in [0.15, 0.2) is 5.16 Å². The van der Waals surface area contributed by atoms with Crippen LogP contribution in [0.3, 0.4) is 0 Å². The zero-order valence-electron chi connectivity index (χ0n) is 13.7. The lowest BCUT2D eigenvalue weighted by molar-refractivity contribution is 0.468. The normalized spacial score (nSPS) is 12.5. The SMILES string of the molecule is CC[C@H](C)n1c(SCc2ccccc2F)nc2ccccc2c1=O. The second kappa shape index (κ2) is 7.18. The van der Waals surface area contributed by atoms with E-state index in [2.05, 4.69) is 4.98 Å². The van der Waals surface area contributed by atoms with E-state index in [4.69, 9.17) is 0 Å². The van der Waals surface area contributed by atoms with Gasteiger partial charge in [0.25, 0.3) is 5.56 Å². The molecule has 124 valence electrons. The maximum absolute atomic E-state index is 13.8. The summed E-state index contributed by atoms with van der Waals surface area (Å²) in [6, 6.07) is 14.1. The summed E-state index contributed by atoms with van der Waals surface area (Å²) in [6.45, 7) is 4.04. The molecule has 3 nitrogen and oxygen atoms in total. The van der Waals surface area contributed by atoms with Gasteiger partial charge in [0.1, 0.15) is 5.82 Å². The number of hydrogen-bond donors (Lipinski definition) is 0. The number of aromatic nitrogens is 2. The van der Waals surface area contributed by atoms with Crippen LogP contribution in [0.1, 0.15) is 31.9 Å². The van der Waals surface area contributed by atoms with Crippen LogP contribution < -0.4 is 5.56 Å². The second-order valence-corrected chi connectivity index (χ2v) is 6.67. The molecular weight excluding hydrogens is 323 g/mol. The maximum atomic E-state index is 13.8. The topological polar surface area (TPSA) is 34.9 Å². The zero-order valence-corrected chi connectivity index (χ0v) is 14.5. The number of benzene rings is 2. The predicted molar refractivity (Wildman–Crippen MR) is 97.0 cm³/mol. The quantitative estimate of drug-likeness (QED) is 0.493. The third kappa shape index (κ3) is 3.22. The third-order valence-electron chi connectivity index (χ3n) is 4.12. The molecule has 0 radical (unpaired) electrons. The molecule has 2 aromatic carbocycles. The fourth-order valence-electron chi connectivity index (χ4n) is 2.56. The fraction of sp³-hybridized carbons (Fsp3) is 0.263. The van der Waals surface area contributed by atoms with Crippen LogP contribution in [0.4, 0.5) is 4.39 Å². The first kappa shape index (κ1) is 16.7. The standard InChI is InChI=1S/C19H19FN2OS/c1-3-13(2)22-18(23)15-9-5-7-11-17(15)21-19(22)24-12-14-8-4-6-10-16(14)20/h4-11,13H,3,12H2,1-2H3/t13-/m0/s1. The molecule has 0 amide bonds. The molecule has 0 aliphatic rings. The van der Waals surface area contributed by atoms with E-state index < -0.39 is 0 Å². The van der Waals surface area contributed by atoms with Crippen LogP contribution in [-0.4, -0.2) is 9.55 Å². The summed E-state index contributed by atoms with van der Waals surface area (Å²) in [6.07, 6.45) is 0.827. The molecule has 0 spiro atoms. The molecule has 1 atom stereocenters. The molecule has 0 bridgehead atoms. The number of fused-ring (bicyclic) bond motifs is 1. The van der Waals surface area contributed by atoms with Gasteiger partial charge in [-0.15, -0.1) is 0 Å². The molecule has 1 aromatic heterocycles. The van der Waals surface area contributed by atoms with Gasteiger partial charge in [0.05, 0.1) is 10.9 Å². The molecule has 3 rings (SSSR count). The Morgan fingerprint density at radius 3 is 2.62 bits per heavy atom. The highest BCUT2D eigenvalue weighted by Gasteiger charge is 2.16. The monoisotopic (exact) mass is 342 g/mol. The zero-order chi connectivity index (χ0) is 17.1. The summed E-state index contributed by atoms with van der Waals surface area (Å²) in [5, 5.41) is 1.25. The fourth-order valence-corrected chi connectivity index (χ4v) is 3.64. The molecule has 3 aromatic rings. The first-order valence-electron chi connectivity index (χ1n) is 7.99.